The van der Waals surface area contributed by atoms with E-state index in [-0.39, 0.29) is 5.91 Å². The first-order valence-corrected chi connectivity index (χ1v) is 5.10. The van der Waals surface area contributed by atoms with Gasteiger partial charge in [0, 0.05) is 13.0 Å². The summed E-state index contributed by atoms with van der Waals surface area (Å²) in [7, 11) is 1.56. The maximum atomic E-state index is 10.8. The highest BCUT2D eigenvalue weighted by molar-refractivity contribution is 7.21. The quantitative estimate of drug-likeness (QED) is 0.840. The van der Waals surface area contributed by atoms with Crippen molar-refractivity contribution in [3.05, 3.63) is 12.1 Å². The molecule has 0 fully saturated rings. The molecule has 1 N–H and O–H groups in total. The summed E-state index contributed by atoms with van der Waals surface area (Å²) in [5.41, 5.74) is 0.754. The van der Waals surface area contributed by atoms with Gasteiger partial charge in [-0.05, 0) is 6.07 Å². The number of methoxy groups -OCH3 is 1. The van der Waals surface area contributed by atoms with Crippen molar-refractivity contribution >= 4 is 32.7 Å². The van der Waals surface area contributed by atoms with Gasteiger partial charge in [-0.3, -0.25) is 4.79 Å². The van der Waals surface area contributed by atoms with Crippen molar-refractivity contribution in [3.63, 3.8) is 0 Å². The van der Waals surface area contributed by atoms with Crippen molar-refractivity contribution in [2.45, 2.75) is 6.92 Å². The molecule has 0 aromatic carbocycles. The van der Waals surface area contributed by atoms with Crippen molar-refractivity contribution in [1.29, 1.82) is 0 Å². The van der Waals surface area contributed by atoms with E-state index in [2.05, 4.69) is 15.3 Å². The highest BCUT2D eigenvalue weighted by atomic mass is 32.1. The lowest BCUT2D eigenvalue weighted by molar-refractivity contribution is -0.114. The number of amides is 1. The van der Waals surface area contributed by atoms with Gasteiger partial charge in [0.15, 0.2) is 5.13 Å². The van der Waals surface area contributed by atoms with E-state index in [0.717, 1.165) is 10.3 Å². The average molecular weight is 223 g/mol. The number of anilines is 1. The van der Waals surface area contributed by atoms with E-state index >= 15 is 0 Å². The van der Waals surface area contributed by atoms with Crippen LogP contribution in [0.25, 0.3) is 10.3 Å². The van der Waals surface area contributed by atoms with Crippen molar-refractivity contribution in [3.8, 4) is 5.88 Å². The molecule has 5 nitrogen and oxygen atoms in total. The van der Waals surface area contributed by atoms with Crippen LogP contribution in [-0.2, 0) is 4.79 Å². The SMILES string of the molecule is COc1ccc2nc(NC(C)=O)sc2n1. The zero-order valence-corrected chi connectivity index (χ0v) is 9.09. The minimum atomic E-state index is -0.138. The zero-order chi connectivity index (χ0) is 10.8. The molecular weight excluding hydrogens is 214 g/mol. The van der Waals surface area contributed by atoms with E-state index in [4.69, 9.17) is 4.74 Å². The fourth-order valence-electron chi connectivity index (χ4n) is 1.12. The Labute approximate surface area is 90.1 Å². The number of carbonyl (C=O) groups excluding carboxylic acids is 1. The van der Waals surface area contributed by atoms with Crippen LogP contribution in [0.3, 0.4) is 0 Å². The normalized spacial score (nSPS) is 10.3. The standard InChI is InChI=1S/C9H9N3O2S/c1-5(13)10-9-11-6-3-4-7(14-2)12-8(6)15-9/h3-4H,1-2H3,(H,10,11,13). The lowest BCUT2D eigenvalue weighted by Crippen LogP contribution is -2.04. The molecule has 0 aliphatic heterocycles. The van der Waals surface area contributed by atoms with E-state index in [9.17, 15) is 4.79 Å². The Kier molecular flexibility index (Phi) is 2.51. The van der Waals surface area contributed by atoms with Crippen LogP contribution < -0.4 is 10.1 Å². The average Bonchev–Trinajstić information content (AvgIpc) is 2.57. The van der Waals surface area contributed by atoms with E-state index < -0.39 is 0 Å². The smallest absolute Gasteiger partial charge is 0.223 e. The van der Waals surface area contributed by atoms with Crippen molar-refractivity contribution in [1.82, 2.24) is 9.97 Å². The van der Waals surface area contributed by atoms with Crippen LogP contribution in [0.4, 0.5) is 5.13 Å². The first-order valence-electron chi connectivity index (χ1n) is 4.28. The molecule has 0 aliphatic rings. The summed E-state index contributed by atoms with van der Waals surface area (Å²) in [6.45, 7) is 1.44. The van der Waals surface area contributed by atoms with Gasteiger partial charge in [0.05, 0.1) is 7.11 Å². The molecule has 15 heavy (non-hydrogen) atoms. The minimum absolute atomic E-state index is 0.138. The van der Waals surface area contributed by atoms with Crippen molar-refractivity contribution in [2.75, 3.05) is 12.4 Å². The number of aromatic nitrogens is 2. The van der Waals surface area contributed by atoms with Gasteiger partial charge >= 0.3 is 0 Å². The Hall–Kier alpha value is -1.69. The molecule has 2 rings (SSSR count). The molecule has 78 valence electrons. The van der Waals surface area contributed by atoms with E-state index in [1.807, 2.05) is 6.07 Å². The van der Waals surface area contributed by atoms with Gasteiger partial charge < -0.3 is 10.1 Å². The number of carbonyl (C=O) groups is 1. The molecule has 2 heterocycles. The molecule has 0 bridgehead atoms. The number of rotatable bonds is 2. The fraction of sp³-hybridized carbons (Fsp3) is 0.222. The molecule has 0 spiro atoms. The van der Waals surface area contributed by atoms with Crippen LogP contribution >= 0.6 is 11.3 Å². The summed E-state index contributed by atoms with van der Waals surface area (Å²) in [6.07, 6.45) is 0. The number of thiazole rings is 1. The third-order valence-electron chi connectivity index (χ3n) is 1.72. The zero-order valence-electron chi connectivity index (χ0n) is 8.27. The molecular formula is C9H9N3O2S. The molecule has 0 unspecified atom stereocenters. The Bertz CT molecular complexity index is 509. The first kappa shape index (κ1) is 9.85. The first-order chi connectivity index (χ1) is 7.19. The second-order valence-electron chi connectivity index (χ2n) is 2.88. The Morgan fingerprint density at radius 3 is 2.93 bits per heavy atom. The number of fused-ring (bicyclic) bond motifs is 1. The molecule has 6 heteroatoms. The molecule has 2 aromatic heterocycles. The molecule has 2 aromatic rings. The topological polar surface area (TPSA) is 64.1 Å². The summed E-state index contributed by atoms with van der Waals surface area (Å²) in [5.74, 6) is 0.404. The van der Waals surface area contributed by atoms with Crippen LogP contribution in [0, 0.1) is 0 Å². The van der Waals surface area contributed by atoms with Gasteiger partial charge in [-0.2, -0.15) is 0 Å². The number of nitrogens with one attached hydrogen (secondary N) is 1. The maximum absolute atomic E-state index is 10.8. The van der Waals surface area contributed by atoms with Gasteiger partial charge in [0.2, 0.25) is 11.8 Å². The third-order valence-corrected chi connectivity index (χ3v) is 2.60. The summed E-state index contributed by atoms with van der Waals surface area (Å²) in [4.78, 5) is 20.0. The predicted molar refractivity (Wildman–Crippen MR) is 58.3 cm³/mol. The summed E-state index contributed by atoms with van der Waals surface area (Å²) in [5, 5.41) is 3.17. The van der Waals surface area contributed by atoms with Gasteiger partial charge in [-0.25, -0.2) is 9.97 Å². The van der Waals surface area contributed by atoms with Gasteiger partial charge in [-0.1, -0.05) is 11.3 Å². The van der Waals surface area contributed by atoms with Crippen LogP contribution in [0.2, 0.25) is 0 Å². The summed E-state index contributed by atoms with van der Waals surface area (Å²) >= 11 is 1.32. The van der Waals surface area contributed by atoms with Crippen LogP contribution in [0.5, 0.6) is 5.88 Å². The molecule has 0 atom stereocenters. The number of ether oxygens (including phenoxy) is 1. The van der Waals surface area contributed by atoms with Gasteiger partial charge in [0.1, 0.15) is 10.3 Å². The lowest BCUT2D eigenvalue weighted by Gasteiger charge is -1.94. The van der Waals surface area contributed by atoms with Crippen molar-refractivity contribution < 1.29 is 9.53 Å². The highest BCUT2D eigenvalue weighted by Gasteiger charge is 2.06. The molecule has 1 amide bonds. The Morgan fingerprint density at radius 2 is 2.27 bits per heavy atom. The minimum Gasteiger partial charge on any atom is -0.481 e. The number of hydrogen-bond acceptors (Lipinski definition) is 5. The molecule has 0 saturated heterocycles. The van der Waals surface area contributed by atoms with Crippen LogP contribution in [0.15, 0.2) is 12.1 Å². The Balaban J connectivity index is 2.42. The summed E-state index contributed by atoms with van der Waals surface area (Å²) in [6, 6.07) is 3.54. The fourth-order valence-corrected chi connectivity index (χ4v) is 1.99. The largest absolute Gasteiger partial charge is 0.481 e. The molecule has 0 radical (unpaired) electrons. The summed E-state index contributed by atoms with van der Waals surface area (Å²) < 4.78 is 4.99. The van der Waals surface area contributed by atoms with Crippen LogP contribution in [0.1, 0.15) is 6.92 Å². The van der Waals surface area contributed by atoms with E-state index in [1.165, 1.54) is 18.3 Å². The van der Waals surface area contributed by atoms with Gasteiger partial charge in [0.25, 0.3) is 0 Å². The third kappa shape index (κ3) is 2.04. The molecule has 0 aliphatic carbocycles. The number of pyridine rings is 1. The lowest BCUT2D eigenvalue weighted by atomic mass is 10.4. The second-order valence-corrected chi connectivity index (χ2v) is 3.86. The van der Waals surface area contributed by atoms with E-state index in [1.54, 1.807) is 13.2 Å². The van der Waals surface area contributed by atoms with E-state index in [0.29, 0.717) is 11.0 Å². The number of nitrogens with zero attached hydrogens (tertiary/aromatic N) is 2. The van der Waals surface area contributed by atoms with Gasteiger partial charge in [-0.15, -0.1) is 0 Å². The second kappa shape index (κ2) is 3.82. The van der Waals surface area contributed by atoms with Crippen molar-refractivity contribution in [2.24, 2.45) is 0 Å². The highest BCUT2D eigenvalue weighted by Crippen LogP contribution is 2.25. The maximum Gasteiger partial charge on any atom is 0.223 e. The molecule has 0 saturated carbocycles. The monoisotopic (exact) mass is 223 g/mol. The predicted octanol–water partition coefficient (Wildman–Crippen LogP) is 1.66. The Morgan fingerprint density at radius 1 is 1.47 bits per heavy atom. The van der Waals surface area contributed by atoms with Crippen LogP contribution in [-0.4, -0.2) is 23.0 Å². The number of hydrogen-bond donors (Lipinski definition) is 1.